The van der Waals surface area contributed by atoms with E-state index in [2.05, 4.69) is 36.5 Å². The monoisotopic (exact) mass is 456 g/mol. The lowest BCUT2D eigenvalue weighted by Crippen LogP contribution is -2.52. The number of amides is 2. The number of nitrogens with one attached hydrogen (secondary N) is 1. The Morgan fingerprint density at radius 2 is 1.41 bits per heavy atom. The van der Waals surface area contributed by atoms with Crippen molar-refractivity contribution in [2.24, 2.45) is 0 Å². The molecule has 3 rings (SSSR count). The number of hydrogen-bond donors (Lipinski definition) is 1. The molecule has 0 aromatic heterocycles. The van der Waals surface area contributed by atoms with E-state index in [0.717, 1.165) is 23.1 Å². The Hall–Kier alpha value is -3.40. The molecule has 2 atom stereocenters. The second-order valence-electron chi connectivity index (χ2n) is 9.02. The van der Waals surface area contributed by atoms with E-state index < -0.39 is 6.04 Å². The van der Waals surface area contributed by atoms with E-state index in [9.17, 15) is 9.59 Å². The highest BCUT2D eigenvalue weighted by Crippen LogP contribution is 2.17. The fourth-order valence-electron chi connectivity index (χ4n) is 3.92. The second kappa shape index (κ2) is 12.7. The van der Waals surface area contributed by atoms with E-state index in [1.807, 2.05) is 74.5 Å². The first-order valence-corrected chi connectivity index (χ1v) is 12.2. The standard InChI is InChI=1S/C30H36N2O2/c1-4-24(3)31-30(34)28(21-26-11-7-5-8-12-26)32(22-27-13-9-6-10-14-27)29(33)20-19-25-17-15-23(2)16-18-25/h5-18,24,28H,4,19-22H2,1-3H3,(H,31,34)/t24-,28-/m0/s1. The van der Waals surface area contributed by atoms with Crippen molar-refractivity contribution in [2.45, 2.75) is 65.1 Å². The molecule has 4 nitrogen and oxygen atoms in total. The number of hydrogen-bond acceptors (Lipinski definition) is 2. The Kier molecular flexibility index (Phi) is 9.45. The molecule has 0 fully saturated rings. The van der Waals surface area contributed by atoms with Gasteiger partial charge < -0.3 is 10.2 Å². The first-order chi connectivity index (χ1) is 16.5. The topological polar surface area (TPSA) is 49.4 Å². The largest absolute Gasteiger partial charge is 0.352 e. The average Bonchev–Trinajstić information content (AvgIpc) is 2.86. The number of nitrogens with zero attached hydrogens (tertiary/aromatic N) is 1. The normalized spacial score (nSPS) is 12.6. The van der Waals surface area contributed by atoms with Crippen molar-refractivity contribution in [2.75, 3.05) is 0 Å². The summed E-state index contributed by atoms with van der Waals surface area (Å²) in [6.45, 7) is 6.50. The van der Waals surface area contributed by atoms with Gasteiger partial charge in [-0.2, -0.15) is 0 Å². The first kappa shape index (κ1) is 25.2. The zero-order valence-electron chi connectivity index (χ0n) is 20.5. The summed E-state index contributed by atoms with van der Waals surface area (Å²) in [5.74, 6) is -0.109. The molecule has 34 heavy (non-hydrogen) atoms. The zero-order chi connectivity index (χ0) is 24.3. The fraction of sp³-hybridized carbons (Fsp3) is 0.333. The van der Waals surface area contributed by atoms with Gasteiger partial charge in [0.1, 0.15) is 6.04 Å². The predicted molar refractivity (Wildman–Crippen MR) is 138 cm³/mol. The number of carbonyl (C=O) groups excluding carboxylic acids is 2. The van der Waals surface area contributed by atoms with Crippen molar-refractivity contribution in [1.29, 1.82) is 0 Å². The van der Waals surface area contributed by atoms with Gasteiger partial charge in [-0.25, -0.2) is 0 Å². The van der Waals surface area contributed by atoms with E-state index in [-0.39, 0.29) is 17.9 Å². The van der Waals surface area contributed by atoms with Crippen LogP contribution in [0.25, 0.3) is 0 Å². The lowest BCUT2D eigenvalue weighted by molar-refractivity contribution is -0.141. The highest BCUT2D eigenvalue weighted by Gasteiger charge is 2.30. The number of benzene rings is 3. The molecule has 0 radical (unpaired) electrons. The van der Waals surface area contributed by atoms with Gasteiger partial charge in [-0.05, 0) is 43.4 Å². The number of rotatable bonds is 11. The van der Waals surface area contributed by atoms with Crippen LogP contribution in [0.2, 0.25) is 0 Å². The second-order valence-corrected chi connectivity index (χ2v) is 9.02. The Morgan fingerprint density at radius 1 is 0.824 bits per heavy atom. The van der Waals surface area contributed by atoms with Gasteiger partial charge in [0.05, 0.1) is 0 Å². The summed E-state index contributed by atoms with van der Waals surface area (Å²) in [5.41, 5.74) is 4.38. The molecule has 0 saturated heterocycles. The van der Waals surface area contributed by atoms with E-state index >= 15 is 0 Å². The predicted octanol–water partition coefficient (Wildman–Crippen LogP) is 5.48. The molecule has 1 N–H and O–H groups in total. The number of aryl methyl sites for hydroxylation is 2. The van der Waals surface area contributed by atoms with Crippen molar-refractivity contribution < 1.29 is 9.59 Å². The Balaban J connectivity index is 1.88. The van der Waals surface area contributed by atoms with Crippen LogP contribution in [0, 0.1) is 6.92 Å². The maximum Gasteiger partial charge on any atom is 0.243 e. The molecular formula is C30H36N2O2. The quantitative estimate of drug-likeness (QED) is 0.415. The van der Waals surface area contributed by atoms with Crippen LogP contribution in [-0.2, 0) is 29.0 Å². The summed E-state index contributed by atoms with van der Waals surface area (Å²) >= 11 is 0. The van der Waals surface area contributed by atoms with Crippen LogP contribution < -0.4 is 5.32 Å². The molecule has 3 aromatic carbocycles. The van der Waals surface area contributed by atoms with E-state index in [0.29, 0.717) is 25.8 Å². The summed E-state index contributed by atoms with van der Waals surface area (Å²) in [7, 11) is 0. The molecule has 0 unspecified atom stereocenters. The minimum Gasteiger partial charge on any atom is -0.352 e. The van der Waals surface area contributed by atoms with Crippen LogP contribution in [-0.4, -0.2) is 28.8 Å². The Bertz CT molecular complexity index is 1030. The molecule has 0 saturated carbocycles. The Morgan fingerprint density at radius 3 is 2.00 bits per heavy atom. The molecule has 4 heteroatoms. The van der Waals surface area contributed by atoms with Crippen molar-refractivity contribution in [3.8, 4) is 0 Å². The van der Waals surface area contributed by atoms with Crippen molar-refractivity contribution in [3.63, 3.8) is 0 Å². The summed E-state index contributed by atoms with van der Waals surface area (Å²) in [6.07, 6.45) is 2.32. The zero-order valence-corrected chi connectivity index (χ0v) is 20.5. The van der Waals surface area contributed by atoms with Gasteiger partial charge >= 0.3 is 0 Å². The van der Waals surface area contributed by atoms with Gasteiger partial charge in [0.25, 0.3) is 0 Å². The van der Waals surface area contributed by atoms with Gasteiger partial charge in [-0.15, -0.1) is 0 Å². The van der Waals surface area contributed by atoms with E-state index in [1.165, 1.54) is 5.56 Å². The SMILES string of the molecule is CC[C@H](C)NC(=O)[C@H](Cc1ccccc1)N(Cc1ccccc1)C(=O)CCc1ccc(C)cc1. The average molecular weight is 457 g/mol. The summed E-state index contributed by atoms with van der Waals surface area (Å²) in [5, 5.41) is 3.12. The number of carbonyl (C=O) groups is 2. The Labute approximate surface area is 204 Å². The van der Waals surface area contributed by atoms with Crippen molar-refractivity contribution >= 4 is 11.8 Å². The molecule has 178 valence electrons. The molecule has 0 heterocycles. The van der Waals surface area contributed by atoms with Crippen LogP contribution in [0.5, 0.6) is 0 Å². The van der Waals surface area contributed by atoms with Gasteiger partial charge in [-0.3, -0.25) is 9.59 Å². The highest BCUT2D eigenvalue weighted by atomic mass is 16.2. The van der Waals surface area contributed by atoms with Crippen LogP contribution in [0.1, 0.15) is 48.9 Å². The van der Waals surface area contributed by atoms with Crippen LogP contribution >= 0.6 is 0 Å². The molecule has 3 aromatic rings. The van der Waals surface area contributed by atoms with Gasteiger partial charge in [0.2, 0.25) is 11.8 Å². The maximum atomic E-state index is 13.6. The van der Waals surface area contributed by atoms with Crippen LogP contribution in [0.15, 0.2) is 84.9 Å². The van der Waals surface area contributed by atoms with Crippen molar-refractivity contribution in [3.05, 3.63) is 107 Å². The smallest absolute Gasteiger partial charge is 0.243 e. The lowest BCUT2D eigenvalue weighted by Gasteiger charge is -2.32. The van der Waals surface area contributed by atoms with E-state index in [1.54, 1.807) is 4.90 Å². The summed E-state index contributed by atoms with van der Waals surface area (Å²) < 4.78 is 0. The van der Waals surface area contributed by atoms with Gasteiger partial charge in [-0.1, -0.05) is 97.4 Å². The van der Waals surface area contributed by atoms with E-state index in [4.69, 9.17) is 0 Å². The lowest BCUT2D eigenvalue weighted by atomic mass is 10.0. The van der Waals surface area contributed by atoms with Gasteiger partial charge in [0, 0.05) is 25.4 Å². The minimum absolute atomic E-state index is 0.00957. The highest BCUT2D eigenvalue weighted by molar-refractivity contribution is 5.88. The van der Waals surface area contributed by atoms with Gasteiger partial charge in [0.15, 0.2) is 0 Å². The molecule has 0 aliphatic heterocycles. The maximum absolute atomic E-state index is 13.6. The summed E-state index contributed by atoms with van der Waals surface area (Å²) in [6, 6.07) is 27.6. The minimum atomic E-state index is -0.581. The third-order valence-corrected chi connectivity index (χ3v) is 6.22. The molecular weight excluding hydrogens is 420 g/mol. The van der Waals surface area contributed by atoms with Crippen LogP contribution in [0.4, 0.5) is 0 Å². The molecule has 0 bridgehead atoms. The summed E-state index contributed by atoms with van der Waals surface area (Å²) in [4.78, 5) is 28.9. The molecule has 0 spiro atoms. The van der Waals surface area contributed by atoms with Crippen molar-refractivity contribution in [1.82, 2.24) is 10.2 Å². The molecule has 2 amide bonds. The molecule has 0 aliphatic rings. The first-order valence-electron chi connectivity index (χ1n) is 12.2. The third-order valence-electron chi connectivity index (χ3n) is 6.22. The third kappa shape index (κ3) is 7.58. The van der Waals surface area contributed by atoms with Crippen LogP contribution in [0.3, 0.4) is 0 Å². The fourth-order valence-corrected chi connectivity index (χ4v) is 3.92. The molecule has 0 aliphatic carbocycles.